The van der Waals surface area contributed by atoms with Crippen LogP contribution in [0.25, 0.3) is 11.0 Å². The Balaban J connectivity index is 2.68. The second-order valence-electron chi connectivity index (χ2n) is 3.52. The molecule has 3 nitrogen and oxygen atoms in total. The Bertz CT molecular complexity index is 495. The molecule has 0 N–H and O–H groups in total. The molecule has 0 saturated carbocycles. The molecule has 2 rings (SSSR count). The van der Waals surface area contributed by atoms with Crippen molar-refractivity contribution in [3.05, 3.63) is 21.9 Å². The molecule has 0 radical (unpaired) electrons. The number of aromatic nitrogens is 3. The highest BCUT2D eigenvalue weighted by molar-refractivity contribution is 9.10. The Hall–Kier alpha value is -0.610. The first kappa shape index (κ1) is 10.9. The first-order valence-electron chi connectivity index (χ1n) is 4.82. The summed E-state index contributed by atoms with van der Waals surface area (Å²) >= 11 is 9.43. The Morgan fingerprint density at radius 1 is 1.60 bits per heavy atom. The van der Waals surface area contributed by atoms with Crippen LogP contribution in [0.1, 0.15) is 26.3 Å². The van der Waals surface area contributed by atoms with Crippen LogP contribution in [-0.2, 0) is 0 Å². The fourth-order valence-corrected chi connectivity index (χ4v) is 1.99. The van der Waals surface area contributed by atoms with Gasteiger partial charge in [-0.1, -0.05) is 18.5 Å². The molecular weight excluding hydrogens is 277 g/mol. The lowest BCUT2D eigenvalue weighted by Crippen LogP contribution is -2.06. The highest BCUT2D eigenvalue weighted by atomic mass is 79.9. The summed E-state index contributed by atoms with van der Waals surface area (Å²) in [4.78, 5) is 4.34. The van der Waals surface area contributed by atoms with E-state index in [0.717, 1.165) is 21.9 Å². The summed E-state index contributed by atoms with van der Waals surface area (Å²) in [6.45, 7) is 4.22. The van der Waals surface area contributed by atoms with Crippen molar-refractivity contribution in [3.63, 3.8) is 0 Å². The third-order valence-corrected chi connectivity index (χ3v) is 3.19. The third kappa shape index (κ3) is 1.88. The van der Waals surface area contributed by atoms with E-state index in [0.29, 0.717) is 11.2 Å². The van der Waals surface area contributed by atoms with E-state index in [1.807, 2.05) is 10.7 Å². The van der Waals surface area contributed by atoms with Gasteiger partial charge in [-0.2, -0.15) is 5.10 Å². The zero-order valence-electron chi connectivity index (χ0n) is 8.54. The first-order chi connectivity index (χ1) is 7.13. The summed E-state index contributed by atoms with van der Waals surface area (Å²) in [6.07, 6.45) is 2.77. The molecule has 2 aromatic heterocycles. The molecule has 2 aromatic rings. The van der Waals surface area contributed by atoms with Crippen LogP contribution >= 0.6 is 27.5 Å². The van der Waals surface area contributed by atoms with E-state index >= 15 is 0 Å². The Kier molecular flexibility index (Phi) is 2.98. The predicted molar refractivity (Wildman–Crippen MR) is 65.2 cm³/mol. The Morgan fingerprint density at radius 2 is 2.33 bits per heavy atom. The summed E-state index contributed by atoms with van der Waals surface area (Å²) in [5, 5.41) is 5.71. The monoisotopic (exact) mass is 287 g/mol. The highest BCUT2D eigenvalue weighted by Gasteiger charge is 2.13. The largest absolute Gasteiger partial charge is 0.243 e. The molecule has 1 atom stereocenters. The van der Waals surface area contributed by atoms with Gasteiger partial charge in [-0.3, -0.25) is 0 Å². The van der Waals surface area contributed by atoms with Gasteiger partial charge >= 0.3 is 0 Å². The maximum Gasteiger partial charge on any atom is 0.160 e. The van der Waals surface area contributed by atoms with E-state index in [9.17, 15) is 0 Å². The van der Waals surface area contributed by atoms with Crippen molar-refractivity contribution in [2.75, 3.05) is 0 Å². The van der Waals surface area contributed by atoms with Crippen molar-refractivity contribution in [1.82, 2.24) is 14.8 Å². The highest BCUT2D eigenvalue weighted by Crippen LogP contribution is 2.26. The maximum atomic E-state index is 6.06. The van der Waals surface area contributed by atoms with Gasteiger partial charge in [0.1, 0.15) is 0 Å². The van der Waals surface area contributed by atoms with E-state index in [2.05, 4.69) is 39.9 Å². The summed E-state index contributed by atoms with van der Waals surface area (Å²) in [5.74, 6) is 0. The molecule has 0 amide bonds. The zero-order chi connectivity index (χ0) is 11.0. The number of halogens is 2. The molecule has 0 aliphatic heterocycles. The van der Waals surface area contributed by atoms with Crippen molar-refractivity contribution in [2.24, 2.45) is 0 Å². The molecule has 1 unspecified atom stereocenters. The normalized spacial score (nSPS) is 13.3. The van der Waals surface area contributed by atoms with Gasteiger partial charge in [0, 0.05) is 10.7 Å². The quantitative estimate of drug-likeness (QED) is 0.841. The van der Waals surface area contributed by atoms with Gasteiger partial charge in [-0.25, -0.2) is 9.67 Å². The van der Waals surface area contributed by atoms with Crippen LogP contribution < -0.4 is 0 Å². The Labute approximate surface area is 102 Å². The minimum Gasteiger partial charge on any atom is -0.243 e. The molecular formula is C10H11BrClN3. The third-order valence-electron chi connectivity index (χ3n) is 2.48. The van der Waals surface area contributed by atoms with Gasteiger partial charge in [0.25, 0.3) is 0 Å². The van der Waals surface area contributed by atoms with Crippen molar-refractivity contribution in [3.8, 4) is 0 Å². The molecule has 0 saturated heterocycles. The van der Waals surface area contributed by atoms with E-state index in [4.69, 9.17) is 11.6 Å². The average Bonchev–Trinajstić information content (AvgIpc) is 2.55. The predicted octanol–water partition coefficient (Wildman–Crippen LogP) is 3.82. The van der Waals surface area contributed by atoms with E-state index in [1.165, 1.54) is 0 Å². The van der Waals surface area contributed by atoms with Crippen LogP contribution in [-0.4, -0.2) is 14.8 Å². The fourth-order valence-electron chi connectivity index (χ4n) is 1.44. The summed E-state index contributed by atoms with van der Waals surface area (Å²) in [7, 11) is 0. The van der Waals surface area contributed by atoms with Gasteiger partial charge < -0.3 is 0 Å². The summed E-state index contributed by atoms with van der Waals surface area (Å²) in [6, 6.07) is 2.25. The first-order valence-corrected chi connectivity index (χ1v) is 5.99. The van der Waals surface area contributed by atoms with Crippen molar-refractivity contribution < 1.29 is 0 Å². The minimum absolute atomic E-state index is 0.314. The molecule has 0 aliphatic rings. The molecule has 0 fully saturated rings. The summed E-state index contributed by atoms with van der Waals surface area (Å²) in [5.41, 5.74) is 0.845. The van der Waals surface area contributed by atoms with E-state index in [-0.39, 0.29) is 0 Å². The van der Waals surface area contributed by atoms with Crippen LogP contribution in [0.3, 0.4) is 0 Å². The zero-order valence-corrected chi connectivity index (χ0v) is 10.9. The van der Waals surface area contributed by atoms with Crippen LogP contribution in [0.2, 0.25) is 5.15 Å². The molecule has 5 heteroatoms. The second-order valence-corrected chi connectivity index (χ2v) is 4.79. The minimum atomic E-state index is 0.314. The molecule has 80 valence electrons. The number of hydrogen-bond acceptors (Lipinski definition) is 2. The van der Waals surface area contributed by atoms with E-state index in [1.54, 1.807) is 6.20 Å². The van der Waals surface area contributed by atoms with E-state index < -0.39 is 0 Å². The van der Waals surface area contributed by atoms with Gasteiger partial charge in [-0.05, 0) is 35.3 Å². The van der Waals surface area contributed by atoms with Crippen LogP contribution in [0.5, 0.6) is 0 Å². The number of fused-ring (bicyclic) bond motifs is 1. The lowest BCUT2D eigenvalue weighted by atomic mass is 10.2. The lowest BCUT2D eigenvalue weighted by molar-refractivity contribution is 0.490. The topological polar surface area (TPSA) is 30.7 Å². The van der Waals surface area contributed by atoms with Gasteiger partial charge in [-0.15, -0.1) is 0 Å². The fraction of sp³-hybridized carbons (Fsp3) is 0.400. The van der Waals surface area contributed by atoms with Gasteiger partial charge in [0.2, 0.25) is 0 Å². The summed E-state index contributed by atoms with van der Waals surface area (Å²) < 4.78 is 2.80. The number of hydrogen-bond donors (Lipinski definition) is 0. The second kappa shape index (κ2) is 4.10. The molecule has 0 aromatic carbocycles. The van der Waals surface area contributed by atoms with Crippen molar-refractivity contribution in [2.45, 2.75) is 26.3 Å². The van der Waals surface area contributed by atoms with Crippen LogP contribution in [0.15, 0.2) is 16.7 Å². The molecule has 0 spiro atoms. The molecule has 0 aliphatic carbocycles. The molecule has 2 heterocycles. The standard InChI is InChI=1S/C10H11BrClN3/c1-3-6(2)15-10-8(9(12)14-15)4-7(11)5-13-10/h4-6H,3H2,1-2H3. The molecule has 15 heavy (non-hydrogen) atoms. The smallest absolute Gasteiger partial charge is 0.160 e. The van der Waals surface area contributed by atoms with Crippen molar-refractivity contribution in [1.29, 1.82) is 0 Å². The lowest BCUT2D eigenvalue weighted by Gasteiger charge is -2.09. The van der Waals surface area contributed by atoms with Crippen molar-refractivity contribution >= 4 is 38.6 Å². The average molecular weight is 289 g/mol. The number of rotatable bonds is 2. The van der Waals surface area contributed by atoms with Gasteiger partial charge in [0.05, 0.1) is 11.4 Å². The number of pyridine rings is 1. The van der Waals surface area contributed by atoms with Gasteiger partial charge in [0.15, 0.2) is 10.8 Å². The maximum absolute atomic E-state index is 6.06. The Morgan fingerprint density at radius 3 is 3.00 bits per heavy atom. The number of nitrogens with zero attached hydrogens (tertiary/aromatic N) is 3. The van der Waals surface area contributed by atoms with Crippen LogP contribution in [0, 0.1) is 0 Å². The molecule has 0 bridgehead atoms. The SMILES string of the molecule is CCC(C)n1nc(Cl)c2cc(Br)cnc21. The van der Waals surface area contributed by atoms with Crippen LogP contribution in [0.4, 0.5) is 0 Å².